The van der Waals surface area contributed by atoms with Crippen molar-refractivity contribution in [3.8, 4) is 0 Å². The Morgan fingerprint density at radius 3 is 1.71 bits per heavy atom. The van der Waals surface area contributed by atoms with E-state index in [4.69, 9.17) is 0 Å². The first kappa shape index (κ1) is 19.4. The van der Waals surface area contributed by atoms with Gasteiger partial charge in [0.25, 0.3) is 0 Å². The average molecular weight is 388 g/mol. The van der Waals surface area contributed by atoms with E-state index in [0.29, 0.717) is 17.6 Å². The Morgan fingerprint density at radius 2 is 1.21 bits per heavy atom. The van der Waals surface area contributed by atoms with Gasteiger partial charge in [-0.05, 0) is 62.6 Å². The molecule has 0 aliphatic heterocycles. The van der Waals surface area contributed by atoms with Crippen molar-refractivity contribution in [1.82, 2.24) is 4.90 Å². The molecule has 144 valence electrons. The maximum atomic E-state index is 2.45. The number of hydrogen-bond acceptors (Lipinski definition) is 1. The molecule has 2 heteroatoms. The van der Waals surface area contributed by atoms with Gasteiger partial charge in [-0.3, -0.25) is 0 Å². The van der Waals surface area contributed by atoms with Crippen molar-refractivity contribution in [3.05, 3.63) is 96.6 Å². The van der Waals surface area contributed by atoms with Crippen LogP contribution >= 0.6 is 7.92 Å². The van der Waals surface area contributed by atoms with E-state index in [2.05, 4.69) is 110 Å². The van der Waals surface area contributed by atoms with Gasteiger partial charge >= 0.3 is 0 Å². The number of rotatable bonds is 6. The molecule has 0 radical (unpaired) electrons. The van der Waals surface area contributed by atoms with Crippen LogP contribution in [0.2, 0.25) is 0 Å². The van der Waals surface area contributed by atoms with Gasteiger partial charge in [-0.2, -0.15) is 0 Å². The van der Waals surface area contributed by atoms with E-state index in [-0.39, 0.29) is 7.92 Å². The molecule has 1 fully saturated rings. The molecule has 0 spiro atoms. The highest BCUT2D eigenvalue weighted by Crippen LogP contribution is 2.54. The van der Waals surface area contributed by atoms with Gasteiger partial charge in [0.05, 0.1) is 0 Å². The monoisotopic (exact) mass is 387 g/mol. The Balaban J connectivity index is 1.75. The van der Waals surface area contributed by atoms with Gasteiger partial charge in [-0.15, -0.1) is 0 Å². The van der Waals surface area contributed by atoms with Crippen molar-refractivity contribution < 1.29 is 0 Å². The molecule has 0 N–H and O–H groups in total. The fourth-order valence-electron chi connectivity index (χ4n) is 4.95. The zero-order valence-electron chi connectivity index (χ0n) is 16.9. The summed E-state index contributed by atoms with van der Waals surface area (Å²) in [6, 6.07) is 34.1. The summed E-state index contributed by atoms with van der Waals surface area (Å²) in [7, 11) is 4.14. The molecule has 3 atom stereocenters. The molecule has 0 aromatic heterocycles. The summed E-state index contributed by atoms with van der Waals surface area (Å²) < 4.78 is 0. The summed E-state index contributed by atoms with van der Waals surface area (Å²) in [4.78, 5) is 2.45. The maximum absolute atomic E-state index is 2.45. The first-order valence-corrected chi connectivity index (χ1v) is 11.8. The normalized spacial score (nSPS) is 20.6. The molecule has 0 amide bonds. The van der Waals surface area contributed by atoms with Crippen molar-refractivity contribution in [3.63, 3.8) is 0 Å². The van der Waals surface area contributed by atoms with Crippen molar-refractivity contribution in [2.24, 2.45) is 5.92 Å². The molecule has 1 aliphatic rings. The Labute approximate surface area is 171 Å². The Kier molecular flexibility index (Phi) is 6.25. The van der Waals surface area contributed by atoms with Gasteiger partial charge in [-0.1, -0.05) is 97.4 Å². The molecule has 0 unspecified atom stereocenters. The maximum Gasteiger partial charge on any atom is 0.0376 e. The van der Waals surface area contributed by atoms with Gasteiger partial charge in [-0.25, -0.2) is 0 Å². The zero-order valence-corrected chi connectivity index (χ0v) is 17.8. The van der Waals surface area contributed by atoms with E-state index >= 15 is 0 Å². The fraction of sp³-hybridized carbons (Fsp3) is 0.308. The topological polar surface area (TPSA) is 3.24 Å². The van der Waals surface area contributed by atoms with Gasteiger partial charge in [0, 0.05) is 6.04 Å². The summed E-state index contributed by atoms with van der Waals surface area (Å²) in [5, 5.41) is 3.04. The third-order valence-corrected chi connectivity index (χ3v) is 9.05. The smallest absolute Gasteiger partial charge is 0.0376 e. The molecular formula is C26H30NP. The van der Waals surface area contributed by atoms with E-state index in [1.54, 1.807) is 0 Å². The minimum atomic E-state index is -0.366. The highest BCUT2D eigenvalue weighted by molar-refractivity contribution is 7.73. The summed E-state index contributed by atoms with van der Waals surface area (Å²) in [6.45, 7) is 0. The molecule has 1 aliphatic carbocycles. The molecule has 1 saturated carbocycles. The quantitative estimate of drug-likeness (QED) is 0.498. The molecule has 3 aromatic carbocycles. The molecule has 0 heterocycles. The second-order valence-electron chi connectivity index (χ2n) is 8.02. The predicted octanol–water partition coefficient (Wildman–Crippen LogP) is 5.59. The molecule has 0 saturated heterocycles. The van der Waals surface area contributed by atoms with Gasteiger partial charge in [0.15, 0.2) is 0 Å². The SMILES string of the molecule is CN(C)[C@H](c1ccccc1)[C@H]1CCC[C@H]1P(c1ccccc1)c1ccccc1. The van der Waals surface area contributed by atoms with Crippen LogP contribution in [0.25, 0.3) is 0 Å². The van der Waals surface area contributed by atoms with E-state index in [1.165, 1.54) is 35.4 Å². The van der Waals surface area contributed by atoms with Crippen LogP contribution in [0.3, 0.4) is 0 Å². The zero-order chi connectivity index (χ0) is 19.3. The van der Waals surface area contributed by atoms with E-state index < -0.39 is 0 Å². The molecule has 28 heavy (non-hydrogen) atoms. The lowest BCUT2D eigenvalue weighted by molar-refractivity contribution is 0.217. The highest BCUT2D eigenvalue weighted by atomic mass is 31.1. The molecule has 3 aromatic rings. The lowest BCUT2D eigenvalue weighted by Crippen LogP contribution is -2.34. The summed E-state index contributed by atoms with van der Waals surface area (Å²) in [6.07, 6.45) is 3.99. The lowest BCUT2D eigenvalue weighted by Gasteiger charge is -2.38. The van der Waals surface area contributed by atoms with Gasteiger partial charge in [0.1, 0.15) is 0 Å². The van der Waals surface area contributed by atoms with Crippen LogP contribution < -0.4 is 10.6 Å². The molecule has 1 nitrogen and oxygen atoms in total. The number of benzene rings is 3. The van der Waals surface area contributed by atoms with E-state index in [1.807, 2.05) is 0 Å². The summed E-state index contributed by atoms with van der Waals surface area (Å²) >= 11 is 0. The van der Waals surface area contributed by atoms with E-state index in [0.717, 1.165) is 0 Å². The van der Waals surface area contributed by atoms with Crippen molar-refractivity contribution in [2.45, 2.75) is 31.0 Å². The van der Waals surface area contributed by atoms with E-state index in [9.17, 15) is 0 Å². The van der Waals surface area contributed by atoms with Crippen LogP contribution in [0.1, 0.15) is 30.9 Å². The molecule has 4 rings (SSSR count). The standard InChI is InChI=1S/C26H30NP/c1-27(2)26(21-13-6-3-7-14-21)24-19-12-20-25(24)28(22-15-8-4-9-16-22)23-17-10-5-11-18-23/h3-11,13-18,24-26H,12,19-20H2,1-2H3/t24-,25+,26+/m0/s1. The second kappa shape index (κ2) is 9.03. The summed E-state index contributed by atoms with van der Waals surface area (Å²) in [5.41, 5.74) is 2.17. The third-order valence-electron chi connectivity index (χ3n) is 6.03. The number of nitrogens with zero attached hydrogens (tertiary/aromatic N) is 1. The summed E-state index contributed by atoms with van der Waals surface area (Å²) in [5.74, 6) is 0.684. The van der Waals surface area contributed by atoms with Crippen LogP contribution in [-0.4, -0.2) is 24.7 Å². The van der Waals surface area contributed by atoms with Gasteiger partial charge < -0.3 is 4.90 Å². The Hall–Kier alpha value is -1.95. The number of hydrogen-bond donors (Lipinski definition) is 0. The Bertz CT molecular complexity index is 808. The largest absolute Gasteiger partial charge is 0.302 e. The van der Waals surface area contributed by atoms with Gasteiger partial charge in [0.2, 0.25) is 0 Å². The Morgan fingerprint density at radius 1 is 0.714 bits per heavy atom. The first-order chi connectivity index (χ1) is 13.8. The molecular weight excluding hydrogens is 357 g/mol. The predicted molar refractivity (Wildman–Crippen MR) is 123 cm³/mol. The highest BCUT2D eigenvalue weighted by Gasteiger charge is 2.40. The lowest BCUT2D eigenvalue weighted by atomic mass is 9.90. The first-order valence-electron chi connectivity index (χ1n) is 10.4. The third kappa shape index (κ3) is 4.07. The minimum Gasteiger partial charge on any atom is -0.302 e. The van der Waals surface area contributed by atoms with Crippen LogP contribution in [0, 0.1) is 5.92 Å². The van der Waals surface area contributed by atoms with Crippen molar-refractivity contribution >= 4 is 18.5 Å². The minimum absolute atomic E-state index is 0.366. The second-order valence-corrected chi connectivity index (χ2v) is 10.5. The van der Waals surface area contributed by atoms with Crippen molar-refractivity contribution in [2.75, 3.05) is 14.1 Å². The van der Waals surface area contributed by atoms with Crippen LogP contribution in [-0.2, 0) is 0 Å². The molecule has 0 bridgehead atoms. The van der Waals surface area contributed by atoms with Crippen molar-refractivity contribution in [1.29, 1.82) is 0 Å². The fourth-order valence-corrected chi connectivity index (χ4v) is 8.13. The van der Waals surface area contributed by atoms with Crippen LogP contribution in [0.5, 0.6) is 0 Å². The van der Waals surface area contributed by atoms with Crippen LogP contribution in [0.4, 0.5) is 0 Å². The van der Waals surface area contributed by atoms with Crippen LogP contribution in [0.15, 0.2) is 91.0 Å². The average Bonchev–Trinajstić information content (AvgIpc) is 3.19.